The van der Waals surface area contributed by atoms with Gasteiger partial charge in [0.15, 0.2) is 5.78 Å². The van der Waals surface area contributed by atoms with Crippen molar-refractivity contribution < 1.29 is 23.1 Å². The van der Waals surface area contributed by atoms with Crippen LogP contribution in [-0.4, -0.2) is 15.7 Å². The van der Waals surface area contributed by atoms with E-state index in [1.54, 1.807) is 0 Å². The fourth-order valence-electron chi connectivity index (χ4n) is 2.04. The minimum Gasteiger partial charge on any atom is -0.507 e. The molecule has 0 saturated carbocycles. The maximum atomic E-state index is 12.8. The van der Waals surface area contributed by atoms with Gasteiger partial charge in [-0.2, -0.15) is 13.2 Å². The lowest BCUT2D eigenvalue weighted by molar-refractivity contribution is -0.137. The van der Waals surface area contributed by atoms with Crippen molar-refractivity contribution in [1.82, 2.24) is 0 Å². The van der Waals surface area contributed by atoms with Crippen LogP contribution in [-0.2, 0) is 6.18 Å². The monoisotopic (exact) mass is 484 g/mol. The van der Waals surface area contributed by atoms with Crippen molar-refractivity contribution >= 4 is 49.2 Å². The normalized spacial score (nSPS) is 14.2. The molecule has 0 aliphatic carbocycles. The highest BCUT2D eigenvalue weighted by Gasteiger charge is 2.33. The minimum atomic E-state index is -4.47. The van der Waals surface area contributed by atoms with Gasteiger partial charge >= 0.3 is 6.18 Å². The van der Waals surface area contributed by atoms with E-state index in [0.29, 0.717) is 0 Å². The van der Waals surface area contributed by atoms with Gasteiger partial charge in [-0.25, -0.2) is 0 Å². The molecule has 0 aromatic heterocycles. The Balaban J connectivity index is 2.31. The predicted molar refractivity (Wildman–Crippen MR) is 93.3 cm³/mol. The Morgan fingerprint density at radius 2 is 1.79 bits per heavy atom. The van der Waals surface area contributed by atoms with E-state index in [9.17, 15) is 23.1 Å². The fourth-order valence-corrected chi connectivity index (χ4v) is 3.29. The number of alkyl halides is 5. The Morgan fingerprint density at radius 1 is 1.12 bits per heavy atom. The van der Waals surface area contributed by atoms with Gasteiger partial charge in [-0.15, -0.1) is 0 Å². The molecule has 2 aromatic carbocycles. The summed E-state index contributed by atoms with van der Waals surface area (Å²) >= 11 is 12.2. The third-order valence-corrected chi connectivity index (χ3v) is 6.21. The second-order valence-electron chi connectivity index (χ2n) is 4.95. The van der Waals surface area contributed by atoms with Crippen molar-refractivity contribution in [2.24, 2.45) is 0 Å². The SMILES string of the molecule is O=C(c1cc(Cl)ccc1O)C(Br)C(Br)c1cccc(C(F)(F)F)c1. The molecule has 0 bridgehead atoms. The molecule has 8 heteroatoms. The molecule has 0 aliphatic rings. The van der Waals surface area contributed by atoms with E-state index < -0.39 is 27.2 Å². The lowest BCUT2D eigenvalue weighted by atomic mass is 10.0. The zero-order valence-corrected chi connectivity index (χ0v) is 15.7. The van der Waals surface area contributed by atoms with Gasteiger partial charge in [0.05, 0.1) is 20.8 Å². The smallest absolute Gasteiger partial charge is 0.416 e. The molecule has 0 radical (unpaired) electrons. The first-order valence-corrected chi connectivity index (χ1v) is 8.80. The first kappa shape index (κ1) is 19.3. The average Bonchev–Trinajstić information content (AvgIpc) is 2.54. The molecule has 0 heterocycles. The Hall–Kier alpha value is -1.05. The molecule has 2 atom stereocenters. The summed E-state index contributed by atoms with van der Waals surface area (Å²) < 4.78 is 38.4. The van der Waals surface area contributed by atoms with Gasteiger partial charge < -0.3 is 5.11 Å². The minimum absolute atomic E-state index is 0.0131. The summed E-state index contributed by atoms with van der Waals surface area (Å²) in [7, 11) is 0. The number of phenols is 1. The summed E-state index contributed by atoms with van der Waals surface area (Å²) in [6, 6.07) is 8.69. The van der Waals surface area contributed by atoms with Gasteiger partial charge in [0, 0.05) is 5.02 Å². The van der Waals surface area contributed by atoms with Crippen molar-refractivity contribution in [2.45, 2.75) is 15.8 Å². The molecular weight excluding hydrogens is 476 g/mol. The van der Waals surface area contributed by atoms with Crippen LogP contribution in [0.2, 0.25) is 5.02 Å². The van der Waals surface area contributed by atoms with E-state index in [1.807, 2.05) is 0 Å². The second-order valence-corrected chi connectivity index (χ2v) is 7.36. The first-order chi connectivity index (χ1) is 11.1. The Kier molecular flexibility index (Phi) is 5.99. The van der Waals surface area contributed by atoms with Crippen LogP contribution in [0.3, 0.4) is 0 Å². The number of aromatic hydroxyl groups is 1. The largest absolute Gasteiger partial charge is 0.507 e. The van der Waals surface area contributed by atoms with E-state index >= 15 is 0 Å². The van der Waals surface area contributed by atoms with Crippen LogP contribution in [0.1, 0.15) is 26.3 Å². The first-order valence-electron chi connectivity index (χ1n) is 6.59. The Morgan fingerprint density at radius 3 is 2.42 bits per heavy atom. The van der Waals surface area contributed by atoms with E-state index in [1.165, 1.54) is 30.3 Å². The van der Waals surface area contributed by atoms with Crippen molar-refractivity contribution in [3.8, 4) is 5.75 Å². The Labute approximate surface area is 157 Å². The molecular formula is C16H10Br2ClF3O2. The number of Topliss-reactive ketones (excluding diaryl/α,β-unsaturated/α-hetero) is 1. The molecule has 2 unspecified atom stereocenters. The topological polar surface area (TPSA) is 37.3 Å². The lowest BCUT2D eigenvalue weighted by Gasteiger charge is -2.18. The molecule has 0 spiro atoms. The van der Waals surface area contributed by atoms with Gasteiger partial charge in [0.25, 0.3) is 0 Å². The molecule has 0 fully saturated rings. The fraction of sp³-hybridized carbons (Fsp3) is 0.188. The van der Waals surface area contributed by atoms with Gasteiger partial charge in [0.1, 0.15) is 5.75 Å². The van der Waals surface area contributed by atoms with Crippen molar-refractivity contribution in [3.05, 3.63) is 64.2 Å². The molecule has 0 saturated heterocycles. The number of rotatable bonds is 4. The summed E-state index contributed by atoms with van der Waals surface area (Å²) in [6.45, 7) is 0. The number of carbonyl (C=O) groups excluding carboxylic acids is 1. The quantitative estimate of drug-likeness (QED) is 0.416. The summed E-state index contributed by atoms with van der Waals surface area (Å²) in [4.78, 5) is 10.9. The van der Waals surface area contributed by atoms with Crippen molar-refractivity contribution in [3.63, 3.8) is 0 Å². The van der Waals surface area contributed by atoms with Gasteiger partial charge in [-0.1, -0.05) is 61.7 Å². The number of ketones is 1. The molecule has 24 heavy (non-hydrogen) atoms. The van der Waals surface area contributed by atoms with E-state index in [4.69, 9.17) is 11.6 Å². The molecule has 0 amide bonds. The summed E-state index contributed by atoms with van der Waals surface area (Å²) in [6.07, 6.45) is -4.47. The lowest BCUT2D eigenvalue weighted by Crippen LogP contribution is -2.20. The highest BCUT2D eigenvalue weighted by molar-refractivity contribution is 9.12. The maximum Gasteiger partial charge on any atom is 0.416 e. The van der Waals surface area contributed by atoms with Crippen LogP contribution in [0.5, 0.6) is 5.75 Å². The van der Waals surface area contributed by atoms with Crippen molar-refractivity contribution in [2.75, 3.05) is 0 Å². The second kappa shape index (κ2) is 7.45. The summed E-state index contributed by atoms with van der Waals surface area (Å²) in [5, 5.41) is 10.1. The molecule has 2 nitrogen and oxygen atoms in total. The van der Waals surface area contributed by atoms with Crippen LogP contribution in [0.25, 0.3) is 0 Å². The zero-order chi connectivity index (χ0) is 18.1. The van der Waals surface area contributed by atoms with Crippen LogP contribution in [0.4, 0.5) is 13.2 Å². The van der Waals surface area contributed by atoms with Gasteiger partial charge in [0.2, 0.25) is 0 Å². The van der Waals surface area contributed by atoms with Crippen LogP contribution in [0.15, 0.2) is 42.5 Å². The molecule has 2 aromatic rings. The molecule has 1 N–H and O–H groups in total. The molecule has 2 rings (SSSR count). The standard InChI is InChI=1S/C16H10Br2ClF3O2/c17-13(8-2-1-3-9(6-8)16(20,21)22)14(18)15(24)11-7-10(19)4-5-12(11)23/h1-7,13-14,23H. The Bertz CT molecular complexity index is 765. The maximum absolute atomic E-state index is 12.8. The number of phenolic OH excluding ortho intramolecular Hbond substituents is 1. The molecule has 0 aliphatic heterocycles. The summed E-state index contributed by atoms with van der Waals surface area (Å²) in [5.41, 5.74) is -0.537. The number of benzene rings is 2. The van der Waals surface area contributed by atoms with Crippen LogP contribution >= 0.6 is 43.5 Å². The number of hydrogen-bond acceptors (Lipinski definition) is 2. The van der Waals surface area contributed by atoms with E-state index in [0.717, 1.165) is 12.1 Å². The van der Waals surface area contributed by atoms with Gasteiger partial charge in [-0.3, -0.25) is 4.79 Å². The third-order valence-electron chi connectivity index (χ3n) is 3.26. The van der Waals surface area contributed by atoms with Crippen LogP contribution < -0.4 is 0 Å². The zero-order valence-electron chi connectivity index (χ0n) is 11.8. The third kappa shape index (κ3) is 4.32. The predicted octanol–water partition coefficient (Wildman–Crippen LogP) is 6.15. The van der Waals surface area contributed by atoms with Crippen LogP contribution in [0, 0.1) is 0 Å². The molecule has 128 valence electrons. The number of halogens is 6. The average molecular weight is 487 g/mol. The van der Waals surface area contributed by atoms with Gasteiger partial charge in [-0.05, 0) is 29.8 Å². The summed E-state index contributed by atoms with van der Waals surface area (Å²) in [5.74, 6) is -0.758. The highest BCUT2D eigenvalue weighted by Crippen LogP contribution is 2.38. The highest BCUT2D eigenvalue weighted by atomic mass is 79.9. The van der Waals surface area contributed by atoms with Crippen molar-refractivity contribution in [1.29, 1.82) is 0 Å². The number of hydrogen-bond donors (Lipinski definition) is 1. The van der Waals surface area contributed by atoms with E-state index in [-0.39, 0.29) is 21.9 Å². The van der Waals surface area contributed by atoms with E-state index in [2.05, 4.69) is 31.9 Å². The number of carbonyl (C=O) groups is 1.